The Morgan fingerprint density at radius 1 is 0.938 bits per heavy atom. The predicted octanol–water partition coefficient (Wildman–Crippen LogP) is 3.86. The highest BCUT2D eigenvalue weighted by atomic mass is 32.1. The van der Waals surface area contributed by atoms with Crippen molar-refractivity contribution in [3.05, 3.63) is 53.8 Å². The van der Waals surface area contributed by atoms with Crippen molar-refractivity contribution >= 4 is 23.2 Å². The predicted molar refractivity (Wildman–Crippen MR) is 124 cm³/mol. The van der Waals surface area contributed by atoms with E-state index in [1.165, 1.54) is 17.8 Å². The lowest BCUT2D eigenvalue weighted by atomic mass is 9.88. The number of para-hydroxylation sites is 1. The summed E-state index contributed by atoms with van der Waals surface area (Å²) in [7, 11) is 0. The number of aromatic nitrogens is 3. The number of hydrogen-bond donors (Lipinski definition) is 0. The molecule has 2 fully saturated rings. The van der Waals surface area contributed by atoms with Crippen molar-refractivity contribution in [3.8, 4) is 16.3 Å². The quantitative estimate of drug-likeness (QED) is 0.606. The molecule has 0 radical (unpaired) electrons. The molecule has 166 valence electrons. The third-order valence-corrected chi connectivity index (χ3v) is 7.30. The number of piperazine rings is 1. The molecule has 1 saturated heterocycles. The van der Waals surface area contributed by atoms with E-state index in [0.717, 1.165) is 41.9 Å². The number of nitrogens with zero attached hydrogens (tertiary/aromatic N) is 5. The Hall–Kier alpha value is -3.00. The van der Waals surface area contributed by atoms with Crippen LogP contribution in [0.25, 0.3) is 16.3 Å². The summed E-state index contributed by atoms with van der Waals surface area (Å²) in [6.45, 7) is 2.36. The normalized spacial score (nSPS) is 17.5. The molecule has 0 N–H and O–H groups in total. The average Bonchev–Trinajstić information content (AvgIpc) is 3.55. The summed E-state index contributed by atoms with van der Waals surface area (Å²) in [6, 6.07) is 9.90. The van der Waals surface area contributed by atoms with Crippen molar-refractivity contribution in [3.63, 3.8) is 0 Å². The van der Waals surface area contributed by atoms with Gasteiger partial charge in [0.25, 0.3) is 5.91 Å². The van der Waals surface area contributed by atoms with Crippen molar-refractivity contribution in [1.29, 1.82) is 0 Å². The molecule has 1 aliphatic carbocycles. The van der Waals surface area contributed by atoms with Gasteiger partial charge in [0, 0.05) is 49.2 Å². The van der Waals surface area contributed by atoms with E-state index in [2.05, 4.69) is 10.1 Å². The Morgan fingerprint density at radius 2 is 1.66 bits per heavy atom. The second-order valence-electron chi connectivity index (χ2n) is 8.50. The molecular weight excluding hydrogens is 422 g/mol. The zero-order chi connectivity index (χ0) is 21.9. The topological polar surface area (TPSA) is 71.3 Å². The molecule has 32 heavy (non-hydrogen) atoms. The van der Waals surface area contributed by atoms with Crippen LogP contribution in [0.5, 0.6) is 0 Å². The molecule has 1 saturated carbocycles. The van der Waals surface area contributed by atoms with E-state index < -0.39 is 0 Å². The van der Waals surface area contributed by atoms with Crippen LogP contribution in [0.1, 0.15) is 42.6 Å². The zero-order valence-electron chi connectivity index (χ0n) is 18.0. The second-order valence-corrected chi connectivity index (χ2v) is 9.36. The summed E-state index contributed by atoms with van der Waals surface area (Å²) >= 11 is 1.45. The molecule has 1 aliphatic heterocycles. The van der Waals surface area contributed by atoms with Crippen molar-refractivity contribution in [2.75, 3.05) is 26.2 Å². The molecule has 0 bridgehead atoms. The van der Waals surface area contributed by atoms with Crippen LogP contribution in [0.2, 0.25) is 0 Å². The number of benzene rings is 1. The summed E-state index contributed by atoms with van der Waals surface area (Å²) in [5.41, 5.74) is 2.33. The van der Waals surface area contributed by atoms with Gasteiger partial charge < -0.3 is 9.80 Å². The van der Waals surface area contributed by atoms with Crippen LogP contribution in [-0.2, 0) is 4.79 Å². The van der Waals surface area contributed by atoms with Gasteiger partial charge in [-0.1, -0.05) is 37.5 Å². The minimum Gasteiger partial charge on any atom is -0.339 e. The molecule has 8 heteroatoms. The van der Waals surface area contributed by atoms with Gasteiger partial charge in [0.05, 0.1) is 11.9 Å². The molecule has 7 nitrogen and oxygen atoms in total. The van der Waals surface area contributed by atoms with Crippen molar-refractivity contribution < 1.29 is 9.59 Å². The standard InChI is InChI=1S/C24H27N5O2S/c30-23(18-7-3-1-4-8-18)27-11-13-28(14-12-27)24(31)21-17-32-22(26-21)19-15-25-29(16-19)20-9-5-2-6-10-20/h2,5-6,9-10,15-18H,1,3-4,7-8,11-14H2. The second kappa shape index (κ2) is 9.24. The maximum Gasteiger partial charge on any atom is 0.273 e. The highest BCUT2D eigenvalue weighted by Gasteiger charge is 2.30. The van der Waals surface area contributed by atoms with Crippen LogP contribution in [-0.4, -0.2) is 62.6 Å². The smallest absolute Gasteiger partial charge is 0.273 e. The number of amides is 2. The summed E-state index contributed by atoms with van der Waals surface area (Å²) in [5.74, 6) is 0.403. The fourth-order valence-electron chi connectivity index (χ4n) is 4.56. The van der Waals surface area contributed by atoms with E-state index in [1.54, 1.807) is 10.9 Å². The molecule has 2 amide bonds. The van der Waals surface area contributed by atoms with E-state index in [-0.39, 0.29) is 17.7 Å². The molecule has 0 spiro atoms. The largest absolute Gasteiger partial charge is 0.339 e. The van der Waals surface area contributed by atoms with Crippen LogP contribution in [0.15, 0.2) is 48.1 Å². The fraction of sp³-hybridized carbons (Fsp3) is 0.417. The molecule has 1 aromatic carbocycles. The first-order valence-electron chi connectivity index (χ1n) is 11.3. The van der Waals surface area contributed by atoms with Gasteiger partial charge in [-0.25, -0.2) is 9.67 Å². The highest BCUT2D eigenvalue weighted by Crippen LogP contribution is 2.27. The van der Waals surface area contributed by atoms with Crippen molar-refractivity contribution in [2.24, 2.45) is 5.92 Å². The molecule has 2 aromatic heterocycles. The van der Waals surface area contributed by atoms with Gasteiger partial charge in [0.2, 0.25) is 5.91 Å². The molecule has 0 unspecified atom stereocenters. The van der Waals surface area contributed by atoms with Gasteiger partial charge in [-0.15, -0.1) is 11.3 Å². The minimum absolute atomic E-state index is 0.0623. The minimum atomic E-state index is -0.0623. The Morgan fingerprint density at radius 3 is 2.41 bits per heavy atom. The molecule has 5 rings (SSSR count). The van der Waals surface area contributed by atoms with Crippen LogP contribution in [0.3, 0.4) is 0 Å². The first-order chi connectivity index (χ1) is 15.7. The number of carbonyl (C=O) groups is 2. The van der Waals surface area contributed by atoms with E-state index in [0.29, 0.717) is 31.9 Å². The van der Waals surface area contributed by atoms with E-state index in [4.69, 9.17) is 0 Å². The van der Waals surface area contributed by atoms with Gasteiger partial charge in [-0.3, -0.25) is 9.59 Å². The van der Waals surface area contributed by atoms with Gasteiger partial charge in [-0.05, 0) is 25.0 Å². The van der Waals surface area contributed by atoms with E-state index in [1.807, 2.05) is 51.7 Å². The molecule has 2 aliphatic rings. The first-order valence-corrected chi connectivity index (χ1v) is 12.2. The number of carbonyl (C=O) groups excluding carboxylic acids is 2. The third kappa shape index (κ3) is 4.32. The summed E-state index contributed by atoms with van der Waals surface area (Å²) in [5, 5.41) is 7.02. The van der Waals surface area contributed by atoms with Gasteiger partial charge in [-0.2, -0.15) is 5.10 Å². The van der Waals surface area contributed by atoms with E-state index in [9.17, 15) is 9.59 Å². The SMILES string of the molecule is O=C(c1csc(-c2cnn(-c3ccccc3)c2)n1)N1CCN(C(=O)C2CCCCC2)CC1. The lowest BCUT2D eigenvalue weighted by Crippen LogP contribution is -2.52. The maximum atomic E-state index is 13.0. The lowest BCUT2D eigenvalue weighted by Gasteiger charge is -2.36. The van der Waals surface area contributed by atoms with Gasteiger partial charge in [0.15, 0.2) is 0 Å². The number of rotatable bonds is 4. The lowest BCUT2D eigenvalue weighted by molar-refractivity contribution is -0.138. The fourth-order valence-corrected chi connectivity index (χ4v) is 5.33. The molecule has 0 atom stereocenters. The first kappa shape index (κ1) is 20.9. The van der Waals surface area contributed by atoms with Crippen LogP contribution in [0, 0.1) is 5.92 Å². The van der Waals surface area contributed by atoms with E-state index >= 15 is 0 Å². The van der Waals surface area contributed by atoms with Gasteiger partial charge >= 0.3 is 0 Å². The Kier molecular flexibility index (Phi) is 6.03. The zero-order valence-corrected chi connectivity index (χ0v) is 18.8. The third-order valence-electron chi connectivity index (χ3n) is 6.41. The summed E-state index contributed by atoms with van der Waals surface area (Å²) in [4.78, 5) is 34.1. The van der Waals surface area contributed by atoms with Crippen LogP contribution >= 0.6 is 11.3 Å². The Bertz CT molecular complexity index is 1080. The number of hydrogen-bond acceptors (Lipinski definition) is 5. The van der Waals surface area contributed by atoms with Crippen molar-refractivity contribution in [1.82, 2.24) is 24.6 Å². The van der Waals surface area contributed by atoms with Gasteiger partial charge in [0.1, 0.15) is 10.7 Å². The summed E-state index contributed by atoms with van der Waals surface area (Å²) in [6.07, 6.45) is 9.29. The molecular formula is C24H27N5O2S. The molecule has 3 aromatic rings. The monoisotopic (exact) mass is 449 g/mol. The highest BCUT2D eigenvalue weighted by molar-refractivity contribution is 7.13. The average molecular weight is 450 g/mol. The van der Waals surface area contributed by atoms with Crippen LogP contribution < -0.4 is 0 Å². The summed E-state index contributed by atoms with van der Waals surface area (Å²) < 4.78 is 1.81. The Labute approximate surface area is 191 Å². The Balaban J connectivity index is 1.20. The molecule has 3 heterocycles. The number of thiazole rings is 1. The van der Waals surface area contributed by atoms with Crippen molar-refractivity contribution in [2.45, 2.75) is 32.1 Å². The van der Waals surface area contributed by atoms with Crippen LogP contribution in [0.4, 0.5) is 0 Å². The maximum absolute atomic E-state index is 13.0.